The van der Waals surface area contributed by atoms with E-state index >= 15 is 0 Å². The average Bonchev–Trinajstić information content (AvgIpc) is 2.87. The molecule has 96 valence electrons. The lowest BCUT2D eigenvalue weighted by atomic mass is 10.00. The molecular formula is C15H15N3O. The van der Waals surface area contributed by atoms with Gasteiger partial charge in [-0.15, -0.1) is 0 Å². The maximum atomic E-state index is 12.0. The molecule has 0 atom stereocenters. The third-order valence-electron chi connectivity index (χ3n) is 3.60. The van der Waals surface area contributed by atoms with E-state index in [9.17, 15) is 4.79 Å². The van der Waals surface area contributed by atoms with Crippen molar-refractivity contribution >= 4 is 10.9 Å². The van der Waals surface area contributed by atoms with Gasteiger partial charge in [-0.25, -0.2) is 0 Å². The number of nitrogens with zero attached hydrogens (tertiary/aromatic N) is 2. The van der Waals surface area contributed by atoms with Gasteiger partial charge in [0, 0.05) is 24.2 Å². The van der Waals surface area contributed by atoms with E-state index in [2.05, 4.69) is 42.2 Å². The molecule has 2 aromatic heterocycles. The minimum Gasteiger partial charge on any atom is -0.316 e. The zero-order valence-electron chi connectivity index (χ0n) is 11.2. The summed E-state index contributed by atoms with van der Waals surface area (Å²) in [7, 11) is 1.76. The molecule has 0 aliphatic carbocycles. The highest BCUT2D eigenvalue weighted by Crippen LogP contribution is 2.27. The van der Waals surface area contributed by atoms with Crippen LogP contribution in [0.3, 0.4) is 0 Å². The summed E-state index contributed by atoms with van der Waals surface area (Å²) in [6.07, 6.45) is 3.57. The summed E-state index contributed by atoms with van der Waals surface area (Å²) in [5, 5.41) is 7.64. The number of aryl methyl sites for hydroxylation is 3. The van der Waals surface area contributed by atoms with E-state index in [1.165, 1.54) is 11.1 Å². The maximum Gasteiger partial charge on any atom is 0.276 e. The van der Waals surface area contributed by atoms with Crippen molar-refractivity contribution in [2.24, 2.45) is 7.05 Å². The molecule has 0 saturated carbocycles. The van der Waals surface area contributed by atoms with Gasteiger partial charge in [0.15, 0.2) is 0 Å². The van der Waals surface area contributed by atoms with Crippen molar-refractivity contribution in [2.75, 3.05) is 0 Å². The molecule has 0 spiro atoms. The number of pyridine rings is 1. The molecule has 3 rings (SSSR count). The lowest BCUT2D eigenvalue weighted by molar-refractivity contribution is 0.870. The van der Waals surface area contributed by atoms with E-state index in [1.807, 2.05) is 6.20 Å². The van der Waals surface area contributed by atoms with Crippen LogP contribution in [0.5, 0.6) is 0 Å². The zero-order chi connectivity index (χ0) is 13.6. The number of fused-ring (bicyclic) bond motifs is 1. The van der Waals surface area contributed by atoms with Gasteiger partial charge in [-0.2, -0.15) is 5.10 Å². The van der Waals surface area contributed by atoms with Crippen LogP contribution in [-0.4, -0.2) is 14.8 Å². The lowest BCUT2D eigenvalue weighted by Gasteiger charge is -2.08. The first-order valence-corrected chi connectivity index (χ1v) is 6.18. The molecule has 0 amide bonds. The molecule has 0 aliphatic rings. The maximum absolute atomic E-state index is 12.0. The number of H-pyrrole nitrogens is 1. The summed E-state index contributed by atoms with van der Waals surface area (Å²) in [5.74, 6) is 0. The van der Waals surface area contributed by atoms with Crippen LogP contribution in [0, 0.1) is 13.8 Å². The Morgan fingerprint density at radius 3 is 2.74 bits per heavy atom. The van der Waals surface area contributed by atoms with Crippen molar-refractivity contribution in [1.29, 1.82) is 0 Å². The number of nitrogens with one attached hydrogen (secondary N) is 1. The summed E-state index contributed by atoms with van der Waals surface area (Å²) in [6.45, 7) is 4.18. The lowest BCUT2D eigenvalue weighted by Crippen LogP contribution is -2.16. The third-order valence-corrected chi connectivity index (χ3v) is 3.60. The molecule has 1 aromatic carbocycles. The highest BCUT2D eigenvalue weighted by atomic mass is 16.1. The number of hydrogen-bond donors (Lipinski definition) is 1. The molecule has 0 fully saturated rings. The van der Waals surface area contributed by atoms with Gasteiger partial charge < -0.3 is 4.57 Å². The summed E-state index contributed by atoms with van der Waals surface area (Å²) in [6, 6.07) is 6.32. The van der Waals surface area contributed by atoms with E-state index in [1.54, 1.807) is 17.8 Å². The molecule has 2 heterocycles. The largest absolute Gasteiger partial charge is 0.316 e. The number of aromatic amines is 1. The van der Waals surface area contributed by atoms with Crippen LogP contribution in [0.2, 0.25) is 0 Å². The average molecular weight is 253 g/mol. The zero-order valence-corrected chi connectivity index (χ0v) is 11.2. The molecular weight excluding hydrogens is 238 g/mol. The minimum atomic E-state index is -0.0555. The minimum absolute atomic E-state index is 0.0555. The Hall–Kier alpha value is -2.36. The molecule has 19 heavy (non-hydrogen) atoms. The smallest absolute Gasteiger partial charge is 0.276 e. The predicted octanol–water partition coefficient (Wildman–Crippen LogP) is 2.55. The predicted molar refractivity (Wildman–Crippen MR) is 76.2 cm³/mol. The van der Waals surface area contributed by atoms with Gasteiger partial charge in [-0.3, -0.25) is 9.89 Å². The number of aromatic nitrogens is 3. The first kappa shape index (κ1) is 11.7. The fraction of sp³-hybridized carbons (Fsp3) is 0.200. The van der Waals surface area contributed by atoms with Crippen LogP contribution in [0.1, 0.15) is 11.1 Å². The van der Waals surface area contributed by atoms with Gasteiger partial charge in [0.25, 0.3) is 5.56 Å². The van der Waals surface area contributed by atoms with Crippen LogP contribution in [0.15, 0.2) is 35.4 Å². The number of hydrogen-bond acceptors (Lipinski definition) is 2. The molecule has 1 N–H and O–H groups in total. The van der Waals surface area contributed by atoms with Gasteiger partial charge >= 0.3 is 0 Å². The Bertz CT molecular complexity index is 827. The second-order valence-electron chi connectivity index (χ2n) is 4.92. The Labute approximate surface area is 110 Å². The van der Waals surface area contributed by atoms with Gasteiger partial charge in [0.2, 0.25) is 0 Å². The standard InChI is InChI=1S/C15H15N3O/c1-9-4-5-11(6-10(9)2)13-8-18(3)15(19)14-12(13)7-16-17-14/h4-8H,1-3H3,(H,16,17). The van der Waals surface area contributed by atoms with Gasteiger partial charge in [0.05, 0.1) is 6.20 Å². The van der Waals surface area contributed by atoms with Crippen molar-refractivity contribution in [1.82, 2.24) is 14.8 Å². The summed E-state index contributed by atoms with van der Waals surface area (Å²) in [4.78, 5) is 12.0. The summed E-state index contributed by atoms with van der Waals surface area (Å²) < 4.78 is 1.59. The van der Waals surface area contributed by atoms with E-state index in [0.29, 0.717) is 5.52 Å². The Morgan fingerprint density at radius 2 is 2.00 bits per heavy atom. The summed E-state index contributed by atoms with van der Waals surface area (Å²) in [5.41, 5.74) is 5.12. The van der Waals surface area contributed by atoms with Crippen LogP contribution >= 0.6 is 0 Å². The quantitative estimate of drug-likeness (QED) is 0.724. The highest BCUT2D eigenvalue weighted by Gasteiger charge is 2.11. The van der Waals surface area contributed by atoms with E-state index in [0.717, 1.165) is 16.5 Å². The third kappa shape index (κ3) is 1.76. The topological polar surface area (TPSA) is 50.7 Å². The molecule has 0 aliphatic heterocycles. The van der Waals surface area contributed by atoms with Crippen molar-refractivity contribution in [2.45, 2.75) is 13.8 Å². The van der Waals surface area contributed by atoms with E-state index in [-0.39, 0.29) is 5.56 Å². The molecule has 0 bridgehead atoms. The molecule has 0 saturated heterocycles. The first-order chi connectivity index (χ1) is 9.08. The Kier molecular flexibility index (Phi) is 2.52. The van der Waals surface area contributed by atoms with E-state index in [4.69, 9.17) is 0 Å². The summed E-state index contributed by atoms with van der Waals surface area (Å²) >= 11 is 0. The normalized spacial score (nSPS) is 11.1. The van der Waals surface area contributed by atoms with Crippen molar-refractivity contribution in [3.63, 3.8) is 0 Å². The SMILES string of the molecule is Cc1ccc(-c2cn(C)c(=O)c3[nH]ncc23)cc1C. The number of benzene rings is 1. The molecule has 4 nitrogen and oxygen atoms in total. The second-order valence-corrected chi connectivity index (χ2v) is 4.92. The molecule has 0 radical (unpaired) electrons. The number of rotatable bonds is 1. The first-order valence-electron chi connectivity index (χ1n) is 6.18. The van der Waals surface area contributed by atoms with Gasteiger partial charge in [-0.05, 0) is 30.5 Å². The van der Waals surface area contributed by atoms with Crippen LogP contribution in [-0.2, 0) is 7.05 Å². The van der Waals surface area contributed by atoms with Gasteiger partial charge in [-0.1, -0.05) is 18.2 Å². The van der Waals surface area contributed by atoms with Crippen LogP contribution in [0.25, 0.3) is 22.0 Å². The van der Waals surface area contributed by atoms with Crippen LogP contribution in [0.4, 0.5) is 0 Å². The second kappa shape index (κ2) is 4.09. The molecule has 3 aromatic rings. The molecule has 4 heteroatoms. The van der Waals surface area contributed by atoms with Crippen molar-refractivity contribution in [3.05, 3.63) is 52.1 Å². The monoisotopic (exact) mass is 253 g/mol. The highest BCUT2D eigenvalue weighted by molar-refractivity contribution is 5.93. The van der Waals surface area contributed by atoms with Crippen molar-refractivity contribution < 1.29 is 0 Å². The van der Waals surface area contributed by atoms with Crippen molar-refractivity contribution in [3.8, 4) is 11.1 Å². The van der Waals surface area contributed by atoms with Crippen LogP contribution < -0.4 is 5.56 Å². The Balaban J connectivity index is 2.36. The fourth-order valence-electron chi connectivity index (χ4n) is 2.29. The Morgan fingerprint density at radius 1 is 1.21 bits per heavy atom. The molecule has 0 unspecified atom stereocenters. The van der Waals surface area contributed by atoms with Gasteiger partial charge in [0.1, 0.15) is 5.52 Å². The van der Waals surface area contributed by atoms with E-state index < -0.39 is 0 Å². The fourth-order valence-corrected chi connectivity index (χ4v) is 2.29.